The van der Waals surface area contributed by atoms with Crippen molar-refractivity contribution in [2.24, 2.45) is 5.73 Å². The summed E-state index contributed by atoms with van der Waals surface area (Å²) in [6.45, 7) is 4.07. The largest absolute Gasteiger partial charge is 0.328 e. The summed E-state index contributed by atoms with van der Waals surface area (Å²) < 4.78 is 0. The smallest absolute Gasteiger partial charge is 0.0404 e. The Kier molecular flexibility index (Phi) is 3.23. The Balaban J connectivity index is 2.48. The van der Waals surface area contributed by atoms with Gasteiger partial charge < -0.3 is 5.73 Å². The van der Waals surface area contributed by atoms with Crippen molar-refractivity contribution in [3.8, 4) is 0 Å². The summed E-state index contributed by atoms with van der Waals surface area (Å²) >= 11 is 0. The van der Waals surface area contributed by atoms with Gasteiger partial charge in [-0.1, -0.05) is 6.07 Å². The summed E-state index contributed by atoms with van der Waals surface area (Å²) in [5, 5.41) is 0. The van der Waals surface area contributed by atoms with Crippen LogP contribution in [0, 0.1) is 6.92 Å². The van der Waals surface area contributed by atoms with Gasteiger partial charge in [-0.2, -0.15) is 0 Å². The molecular formula is C10H16N2. The zero-order valence-corrected chi connectivity index (χ0v) is 7.75. The van der Waals surface area contributed by atoms with Gasteiger partial charge in [0.05, 0.1) is 0 Å². The highest BCUT2D eigenvalue weighted by atomic mass is 14.7. The Labute approximate surface area is 73.8 Å². The average Bonchev–Trinajstić information content (AvgIpc) is 2.03. The van der Waals surface area contributed by atoms with Crippen molar-refractivity contribution >= 4 is 0 Å². The Bertz CT molecular complexity index is 226. The minimum atomic E-state index is 0.271. The highest BCUT2D eigenvalue weighted by molar-refractivity contribution is 5.12. The van der Waals surface area contributed by atoms with E-state index in [4.69, 9.17) is 5.73 Å². The summed E-state index contributed by atoms with van der Waals surface area (Å²) in [5.74, 6) is 0. The molecule has 0 radical (unpaired) electrons. The van der Waals surface area contributed by atoms with Crippen molar-refractivity contribution in [1.82, 2.24) is 4.98 Å². The number of rotatable bonds is 3. The first-order valence-corrected chi connectivity index (χ1v) is 4.35. The molecule has 1 rings (SSSR count). The van der Waals surface area contributed by atoms with E-state index in [1.807, 2.05) is 20.0 Å². The highest BCUT2D eigenvalue weighted by Gasteiger charge is 1.97. The van der Waals surface area contributed by atoms with E-state index in [-0.39, 0.29) is 6.04 Å². The van der Waals surface area contributed by atoms with Crippen LogP contribution in [0.5, 0.6) is 0 Å². The van der Waals surface area contributed by atoms with Gasteiger partial charge in [-0.05, 0) is 38.3 Å². The normalized spacial score (nSPS) is 12.9. The Hall–Kier alpha value is -0.890. The molecule has 1 atom stereocenters. The van der Waals surface area contributed by atoms with Gasteiger partial charge in [0.25, 0.3) is 0 Å². The van der Waals surface area contributed by atoms with Crippen molar-refractivity contribution in [3.63, 3.8) is 0 Å². The number of aryl methyl sites for hydroxylation is 2. The lowest BCUT2D eigenvalue weighted by Crippen LogP contribution is -2.15. The van der Waals surface area contributed by atoms with Gasteiger partial charge in [0.2, 0.25) is 0 Å². The molecule has 12 heavy (non-hydrogen) atoms. The molecule has 0 aliphatic rings. The fourth-order valence-corrected chi connectivity index (χ4v) is 1.02. The first-order chi connectivity index (χ1) is 5.68. The van der Waals surface area contributed by atoms with E-state index in [2.05, 4.69) is 17.1 Å². The van der Waals surface area contributed by atoms with Gasteiger partial charge in [0.1, 0.15) is 0 Å². The van der Waals surface area contributed by atoms with Crippen molar-refractivity contribution in [1.29, 1.82) is 0 Å². The van der Waals surface area contributed by atoms with Crippen LogP contribution in [0.3, 0.4) is 0 Å². The number of nitrogens with zero attached hydrogens (tertiary/aromatic N) is 1. The van der Waals surface area contributed by atoms with Gasteiger partial charge in [-0.25, -0.2) is 0 Å². The SMILES string of the molecule is Cc1ccc(CC[C@@H](C)N)nc1. The van der Waals surface area contributed by atoms with Crippen LogP contribution >= 0.6 is 0 Å². The number of nitrogens with two attached hydrogens (primary N) is 1. The molecular weight excluding hydrogens is 148 g/mol. The molecule has 0 aliphatic heterocycles. The summed E-state index contributed by atoms with van der Waals surface area (Å²) in [6.07, 6.45) is 3.89. The van der Waals surface area contributed by atoms with Crippen LogP contribution in [0.2, 0.25) is 0 Å². The molecule has 0 saturated heterocycles. The molecule has 0 aromatic carbocycles. The monoisotopic (exact) mass is 164 g/mol. The Morgan fingerprint density at radius 1 is 1.50 bits per heavy atom. The standard InChI is InChI=1S/C10H16N2/c1-8-3-5-10(12-7-8)6-4-9(2)11/h3,5,7,9H,4,6,11H2,1-2H3/t9-/m1/s1. The predicted molar refractivity (Wildman–Crippen MR) is 50.9 cm³/mol. The van der Waals surface area contributed by atoms with Crippen LogP contribution in [-0.2, 0) is 6.42 Å². The molecule has 1 aromatic heterocycles. The summed E-state index contributed by atoms with van der Waals surface area (Å²) in [6, 6.07) is 4.43. The summed E-state index contributed by atoms with van der Waals surface area (Å²) in [7, 11) is 0. The van der Waals surface area contributed by atoms with E-state index in [9.17, 15) is 0 Å². The minimum absolute atomic E-state index is 0.271. The summed E-state index contributed by atoms with van der Waals surface area (Å²) in [5.41, 5.74) is 7.99. The van der Waals surface area contributed by atoms with E-state index in [0.29, 0.717) is 0 Å². The van der Waals surface area contributed by atoms with Crippen LogP contribution in [0.1, 0.15) is 24.6 Å². The van der Waals surface area contributed by atoms with Crippen molar-refractivity contribution in [3.05, 3.63) is 29.6 Å². The third-order valence-electron chi connectivity index (χ3n) is 1.83. The second kappa shape index (κ2) is 4.21. The molecule has 2 nitrogen and oxygen atoms in total. The number of aromatic nitrogens is 1. The fourth-order valence-electron chi connectivity index (χ4n) is 1.02. The third-order valence-corrected chi connectivity index (χ3v) is 1.83. The quantitative estimate of drug-likeness (QED) is 0.738. The van der Waals surface area contributed by atoms with Crippen LogP contribution in [-0.4, -0.2) is 11.0 Å². The molecule has 0 saturated carbocycles. The topological polar surface area (TPSA) is 38.9 Å². The molecule has 0 unspecified atom stereocenters. The lowest BCUT2D eigenvalue weighted by molar-refractivity contribution is 0.658. The second-order valence-electron chi connectivity index (χ2n) is 3.34. The first kappa shape index (κ1) is 9.20. The fraction of sp³-hybridized carbons (Fsp3) is 0.500. The third kappa shape index (κ3) is 3.01. The lowest BCUT2D eigenvalue weighted by atomic mass is 10.1. The molecule has 0 amide bonds. The van der Waals surface area contributed by atoms with Crippen molar-refractivity contribution in [2.75, 3.05) is 0 Å². The van der Waals surface area contributed by atoms with Gasteiger partial charge in [0.15, 0.2) is 0 Å². The molecule has 0 spiro atoms. The highest BCUT2D eigenvalue weighted by Crippen LogP contribution is 2.02. The van der Waals surface area contributed by atoms with Crippen LogP contribution in [0.25, 0.3) is 0 Å². The first-order valence-electron chi connectivity index (χ1n) is 4.35. The molecule has 0 fully saturated rings. The van der Waals surface area contributed by atoms with E-state index >= 15 is 0 Å². The average molecular weight is 164 g/mol. The Morgan fingerprint density at radius 3 is 2.75 bits per heavy atom. The van der Waals surface area contributed by atoms with E-state index in [1.165, 1.54) is 5.56 Å². The molecule has 1 heterocycles. The van der Waals surface area contributed by atoms with E-state index in [1.54, 1.807) is 0 Å². The van der Waals surface area contributed by atoms with Gasteiger partial charge in [0, 0.05) is 17.9 Å². The maximum absolute atomic E-state index is 5.64. The van der Waals surface area contributed by atoms with E-state index in [0.717, 1.165) is 18.5 Å². The zero-order valence-electron chi connectivity index (χ0n) is 7.75. The molecule has 66 valence electrons. The maximum Gasteiger partial charge on any atom is 0.0404 e. The molecule has 1 aromatic rings. The number of hydrogen-bond donors (Lipinski definition) is 1. The molecule has 0 bridgehead atoms. The maximum atomic E-state index is 5.64. The molecule has 2 N–H and O–H groups in total. The van der Waals surface area contributed by atoms with Crippen molar-refractivity contribution in [2.45, 2.75) is 32.7 Å². The molecule has 2 heteroatoms. The Morgan fingerprint density at radius 2 is 2.25 bits per heavy atom. The van der Waals surface area contributed by atoms with Gasteiger partial charge in [-0.3, -0.25) is 4.98 Å². The molecule has 0 aliphatic carbocycles. The minimum Gasteiger partial charge on any atom is -0.328 e. The lowest BCUT2D eigenvalue weighted by Gasteiger charge is -2.03. The number of hydrogen-bond acceptors (Lipinski definition) is 2. The van der Waals surface area contributed by atoms with Crippen molar-refractivity contribution < 1.29 is 0 Å². The van der Waals surface area contributed by atoms with Crippen LogP contribution in [0.4, 0.5) is 0 Å². The summed E-state index contributed by atoms with van der Waals surface area (Å²) in [4.78, 5) is 4.29. The zero-order chi connectivity index (χ0) is 8.97. The van der Waals surface area contributed by atoms with Gasteiger partial charge in [-0.15, -0.1) is 0 Å². The number of pyridine rings is 1. The second-order valence-corrected chi connectivity index (χ2v) is 3.34. The van der Waals surface area contributed by atoms with Gasteiger partial charge >= 0.3 is 0 Å². The van der Waals surface area contributed by atoms with Crippen LogP contribution < -0.4 is 5.73 Å². The van der Waals surface area contributed by atoms with E-state index < -0.39 is 0 Å². The predicted octanol–water partition coefficient (Wildman–Crippen LogP) is 1.67. The van der Waals surface area contributed by atoms with Crippen LogP contribution in [0.15, 0.2) is 18.3 Å².